The summed E-state index contributed by atoms with van der Waals surface area (Å²) in [5.41, 5.74) is 0.327. The predicted octanol–water partition coefficient (Wildman–Crippen LogP) is 5.96. The van der Waals surface area contributed by atoms with E-state index in [1.807, 2.05) is 0 Å². The second-order valence-corrected chi connectivity index (χ2v) is 15.4. The number of esters is 1. The molecule has 0 radical (unpaired) electrons. The van der Waals surface area contributed by atoms with Crippen molar-refractivity contribution in [2.24, 2.45) is 10.9 Å². The maximum Gasteiger partial charge on any atom is 0.328 e. The van der Waals surface area contributed by atoms with Crippen LogP contribution in [0.4, 0.5) is 0 Å². The van der Waals surface area contributed by atoms with Gasteiger partial charge in [-0.25, -0.2) is 19.9 Å². The standard InChI is InChI=1S/C42H67N5O10/c1-3-4-5-6-7-8-9-10-11-12-13-14-15-26-37(31(2)38(50)43-33-23-19-21-28-47(55)41(33)52)57-42(53)34(24-18-20-27-46(54)30-48)44-39(51)35-29-56-40(45-35)32-22-16-17-25-36(32)49/h16-17,22,25,30-31,33-35,37,49,54-55H,3-15,18-21,23-24,26-29H2,1-2H3,(H,43,50)(H,44,51)/t31-,33+,34+,35+,37+/m0/s1. The number of rotatable bonds is 28. The number of hydroxylamine groups is 4. The molecule has 1 aromatic rings. The van der Waals surface area contributed by atoms with Gasteiger partial charge in [-0.15, -0.1) is 0 Å². The molecule has 5 atom stereocenters. The van der Waals surface area contributed by atoms with Crippen molar-refractivity contribution in [1.82, 2.24) is 20.8 Å². The highest BCUT2D eigenvalue weighted by molar-refractivity contribution is 6.00. The summed E-state index contributed by atoms with van der Waals surface area (Å²) >= 11 is 0. The van der Waals surface area contributed by atoms with Gasteiger partial charge in [0.05, 0.1) is 11.5 Å². The zero-order chi connectivity index (χ0) is 41.4. The van der Waals surface area contributed by atoms with Crippen LogP contribution in [0.15, 0.2) is 29.3 Å². The van der Waals surface area contributed by atoms with E-state index in [0.717, 1.165) is 25.7 Å². The number of unbranched alkanes of at least 4 members (excludes halogenated alkanes) is 13. The zero-order valence-corrected chi connectivity index (χ0v) is 34.1. The SMILES string of the molecule is CCCCCCCCCCCCCCC[C@@H](OC(=O)[C@@H](CCCCN(O)C=O)NC(=O)[C@H]1COC(c2ccccc2O)=N1)[C@H](C)C(=O)N[C@@H]1CCCCN(O)C1=O. The van der Waals surface area contributed by atoms with Gasteiger partial charge in [-0.05, 0) is 63.5 Å². The second-order valence-electron chi connectivity index (χ2n) is 15.4. The fourth-order valence-electron chi connectivity index (χ4n) is 7.14. The highest BCUT2D eigenvalue weighted by Crippen LogP contribution is 2.23. The largest absolute Gasteiger partial charge is 0.507 e. The number of amides is 4. The first-order valence-corrected chi connectivity index (χ1v) is 21.3. The maximum absolute atomic E-state index is 13.9. The van der Waals surface area contributed by atoms with Crippen LogP contribution in [0.5, 0.6) is 5.75 Å². The van der Waals surface area contributed by atoms with Crippen LogP contribution in [0.1, 0.15) is 148 Å². The number of hydrogen-bond donors (Lipinski definition) is 5. The Morgan fingerprint density at radius 1 is 0.965 bits per heavy atom. The highest BCUT2D eigenvalue weighted by atomic mass is 16.5. The van der Waals surface area contributed by atoms with Gasteiger partial charge >= 0.3 is 5.97 Å². The van der Waals surface area contributed by atoms with Crippen molar-refractivity contribution >= 4 is 36.0 Å². The number of nitrogens with one attached hydrogen (secondary N) is 2. The van der Waals surface area contributed by atoms with E-state index in [9.17, 15) is 39.5 Å². The summed E-state index contributed by atoms with van der Waals surface area (Å²) in [4.78, 5) is 68.9. The summed E-state index contributed by atoms with van der Waals surface area (Å²) in [5, 5.41) is 36.5. The van der Waals surface area contributed by atoms with Crippen LogP contribution in [0, 0.1) is 5.92 Å². The Morgan fingerprint density at radius 3 is 2.25 bits per heavy atom. The number of aliphatic imine (C=N–C) groups is 1. The molecule has 320 valence electrons. The van der Waals surface area contributed by atoms with Crippen LogP contribution < -0.4 is 10.6 Å². The van der Waals surface area contributed by atoms with Crippen molar-refractivity contribution in [1.29, 1.82) is 0 Å². The lowest BCUT2D eigenvalue weighted by molar-refractivity contribution is -0.167. The summed E-state index contributed by atoms with van der Waals surface area (Å²) in [6.07, 6.45) is 17.3. The average Bonchev–Trinajstić information content (AvgIpc) is 3.65. The molecule has 0 saturated carbocycles. The zero-order valence-electron chi connectivity index (χ0n) is 34.1. The fraction of sp³-hybridized carbons (Fsp3) is 0.714. The molecule has 2 aliphatic rings. The normalized spacial score (nSPS) is 18.4. The van der Waals surface area contributed by atoms with E-state index in [-0.39, 0.29) is 44.2 Å². The minimum atomic E-state index is -1.15. The predicted molar refractivity (Wildman–Crippen MR) is 213 cm³/mol. The molecule has 4 amide bonds. The van der Waals surface area contributed by atoms with Crippen molar-refractivity contribution in [3.63, 3.8) is 0 Å². The van der Waals surface area contributed by atoms with Crippen LogP contribution >= 0.6 is 0 Å². The number of benzene rings is 1. The van der Waals surface area contributed by atoms with Crippen LogP contribution in [0.3, 0.4) is 0 Å². The van der Waals surface area contributed by atoms with E-state index < -0.39 is 53.8 Å². The Balaban J connectivity index is 1.66. The molecular weight excluding hydrogens is 734 g/mol. The molecule has 57 heavy (non-hydrogen) atoms. The van der Waals surface area contributed by atoms with Gasteiger partial charge in [-0.3, -0.25) is 29.6 Å². The molecule has 0 spiro atoms. The van der Waals surface area contributed by atoms with Crippen LogP contribution in [-0.4, -0.2) is 106 Å². The number of aromatic hydroxyl groups is 1. The topological polar surface area (TPSA) is 207 Å². The minimum Gasteiger partial charge on any atom is -0.507 e. The third-order valence-corrected chi connectivity index (χ3v) is 10.8. The molecule has 5 N–H and O–H groups in total. The van der Waals surface area contributed by atoms with E-state index in [4.69, 9.17) is 9.47 Å². The Labute approximate surface area is 337 Å². The summed E-state index contributed by atoms with van der Waals surface area (Å²) < 4.78 is 11.7. The summed E-state index contributed by atoms with van der Waals surface area (Å²) in [5.74, 6) is -3.23. The van der Waals surface area contributed by atoms with Crippen LogP contribution in [0.25, 0.3) is 0 Å². The van der Waals surface area contributed by atoms with Crippen molar-refractivity contribution in [3.05, 3.63) is 29.8 Å². The molecular formula is C42H67N5O10. The van der Waals surface area contributed by atoms with Crippen molar-refractivity contribution in [3.8, 4) is 5.75 Å². The summed E-state index contributed by atoms with van der Waals surface area (Å²) in [7, 11) is 0. The summed E-state index contributed by atoms with van der Waals surface area (Å²) in [6.45, 7) is 3.97. The van der Waals surface area contributed by atoms with Gasteiger partial charge in [-0.2, -0.15) is 0 Å². The van der Waals surface area contributed by atoms with Gasteiger partial charge in [0.15, 0.2) is 6.04 Å². The van der Waals surface area contributed by atoms with E-state index >= 15 is 0 Å². The number of para-hydroxylation sites is 1. The lowest BCUT2D eigenvalue weighted by atomic mass is 9.96. The molecule has 0 bridgehead atoms. The number of carbonyl (C=O) groups excluding carboxylic acids is 5. The smallest absolute Gasteiger partial charge is 0.328 e. The Morgan fingerprint density at radius 2 is 1.60 bits per heavy atom. The Bertz CT molecular complexity index is 1430. The van der Waals surface area contributed by atoms with Crippen molar-refractivity contribution in [2.75, 3.05) is 19.7 Å². The number of ether oxygens (including phenoxy) is 2. The first-order valence-electron chi connectivity index (χ1n) is 21.3. The molecule has 15 nitrogen and oxygen atoms in total. The third kappa shape index (κ3) is 17.0. The van der Waals surface area contributed by atoms with Gasteiger partial charge in [0, 0.05) is 13.1 Å². The van der Waals surface area contributed by atoms with Crippen molar-refractivity contribution < 1.29 is 49.0 Å². The minimum absolute atomic E-state index is 0.0218. The molecule has 2 aliphatic heterocycles. The lowest BCUT2D eigenvalue weighted by Crippen LogP contribution is -2.51. The lowest BCUT2D eigenvalue weighted by Gasteiger charge is -2.28. The Hall–Kier alpha value is -4.24. The van der Waals surface area contributed by atoms with E-state index in [1.54, 1.807) is 25.1 Å². The van der Waals surface area contributed by atoms with Crippen molar-refractivity contribution in [2.45, 2.75) is 166 Å². The number of phenols is 1. The van der Waals surface area contributed by atoms with Gasteiger partial charge < -0.3 is 25.2 Å². The number of carbonyl (C=O) groups is 5. The highest BCUT2D eigenvalue weighted by Gasteiger charge is 2.36. The second kappa shape index (κ2) is 26.6. The molecule has 0 aliphatic carbocycles. The maximum atomic E-state index is 13.9. The number of hydrogen-bond acceptors (Lipinski definition) is 11. The van der Waals surface area contributed by atoms with Gasteiger partial charge in [0.2, 0.25) is 24.1 Å². The molecule has 1 aromatic carbocycles. The molecule has 1 saturated heterocycles. The molecule has 3 rings (SSSR count). The van der Waals surface area contributed by atoms with Gasteiger partial charge in [0.25, 0.3) is 5.91 Å². The third-order valence-electron chi connectivity index (χ3n) is 10.8. The monoisotopic (exact) mass is 801 g/mol. The quantitative estimate of drug-likeness (QED) is 0.0221. The van der Waals surface area contributed by atoms with Crippen LogP contribution in [-0.2, 0) is 33.4 Å². The molecule has 0 unspecified atom stereocenters. The fourth-order valence-corrected chi connectivity index (χ4v) is 7.14. The Kier molecular flexibility index (Phi) is 22.0. The number of phenolic OH excluding ortho intramolecular Hbond substituents is 1. The van der Waals surface area contributed by atoms with Crippen LogP contribution in [0.2, 0.25) is 0 Å². The summed E-state index contributed by atoms with van der Waals surface area (Å²) in [6, 6.07) is 3.37. The average molecular weight is 802 g/mol. The molecule has 2 heterocycles. The van der Waals surface area contributed by atoms with Gasteiger partial charge in [0.1, 0.15) is 30.5 Å². The van der Waals surface area contributed by atoms with E-state index in [0.29, 0.717) is 60.6 Å². The molecule has 15 heteroatoms. The van der Waals surface area contributed by atoms with E-state index in [2.05, 4.69) is 22.5 Å². The first kappa shape index (κ1) is 47.1. The van der Waals surface area contributed by atoms with Gasteiger partial charge in [-0.1, -0.05) is 103 Å². The number of nitrogens with zero attached hydrogens (tertiary/aromatic N) is 3. The molecule has 0 aromatic heterocycles. The first-order chi connectivity index (χ1) is 27.5. The van der Waals surface area contributed by atoms with E-state index in [1.165, 1.54) is 57.4 Å². The molecule has 1 fully saturated rings.